The van der Waals surface area contributed by atoms with Crippen LogP contribution in [0.15, 0.2) is 29.4 Å². The fourth-order valence-corrected chi connectivity index (χ4v) is 1.76. The Morgan fingerprint density at radius 1 is 1.47 bits per heavy atom. The highest BCUT2D eigenvalue weighted by Crippen LogP contribution is 2.18. The lowest BCUT2D eigenvalue weighted by Crippen LogP contribution is -2.13. The quantitative estimate of drug-likeness (QED) is 0.703. The van der Waals surface area contributed by atoms with Gasteiger partial charge in [0.15, 0.2) is 0 Å². The molecule has 0 aliphatic carbocycles. The molecule has 1 atom stereocenters. The second-order valence-corrected chi connectivity index (χ2v) is 4.25. The standard InChI is InChI=1S/C11H13N7O/c1-18-5-7(3-15-18)10-16-11(19-17-10)9(12)2-8-4-13-6-14-8/h3-6,9H,2,12H2,1H3,(H,13,14). The highest BCUT2D eigenvalue weighted by molar-refractivity contribution is 5.51. The van der Waals surface area contributed by atoms with E-state index in [1.54, 1.807) is 23.4 Å². The third-order valence-corrected chi connectivity index (χ3v) is 2.72. The van der Waals surface area contributed by atoms with Crippen molar-refractivity contribution in [2.75, 3.05) is 0 Å². The fraction of sp³-hybridized carbons (Fsp3) is 0.273. The molecule has 3 aromatic heterocycles. The first-order valence-corrected chi connectivity index (χ1v) is 5.78. The second kappa shape index (κ2) is 4.65. The average Bonchev–Trinajstić information content (AvgIpc) is 3.07. The minimum Gasteiger partial charge on any atom is -0.348 e. The summed E-state index contributed by atoms with van der Waals surface area (Å²) in [7, 11) is 1.83. The van der Waals surface area contributed by atoms with Gasteiger partial charge in [0.1, 0.15) is 0 Å². The predicted molar refractivity (Wildman–Crippen MR) is 65.7 cm³/mol. The first kappa shape index (κ1) is 11.6. The van der Waals surface area contributed by atoms with E-state index < -0.39 is 0 Å². The van der Waals surface area contributed by atoms with Crippen molar-refractivity contribution in [1.29, 1.82) is 0 Å². The van der Waals surface area contributed by atoms with Crippen molar-refractivity contribution < 1.29 is 4.52 Å². The Hall–Kier alpha value is -2.48. The maximum Gasteiger partial charge on any atom is 0.244 e. The molecule has 3 N–H and O–H groups in total. The van der Waals surface area contributed by atoms with Crippen LogP contribution in [-0.2, 0) is 13.5 Å². The number of H-pyrrole nitrogens is 1. The number of aryl methyl sites for hydroxylation is 1. The largest absolute Gasteiger partial charge is 0.348 e. The highest BCUT2D eigenvalue weighted by Gasteiger charge is 2.17. The summed E-state index contributed by atoms with van der Waals surface area (Å²) >= 11 is 0. The number of rotatable bonds is 4. The summed E-state index contributed by atoms with van der Waals surface area (Å²) in [5, 5.41) is 7.96. The van der Waals surface area contributed by atoms with Crippen LogP contribution in [0, 0.1) is 0 Å². The van der Waals surface area contributed by atoms with Crippen molar-refractivity contribution in [1.82, 2.24) is 29.9 Å². The van der Waals surface area contributed by atoms with Crippen molar-refractivity contribution in [2.45, 2.75) is 12.5 Å². The third kappa shape index (κ3) is 2.38. The monoisotopic (exact) mass is 259 g/mol. The molecule has 0 saturated carbocycles. The SMILES string of the molecule is Cn1cc(-c2noc(C(N)Cc3cnc[nH]3)n2)cn1. The number of aromatic nitrogens is 6. The average molecular weight is 259 g/mol. The Morgan fingerprint density at radius 2 is 2.37 bits per heavy atom. The number of hydrogen-bond acceptors (Lipinski definition) is 6. The Bertz CT molecular complexity index is 654. The topological polar surface area (TPSA) is 111 Å². The fourth-order valence-electron chi connectivity index (χ4n) is 1.76. The van der Waals surface area contributed by atoms with Crippen LogP contribution >= 0.6 is 0 Å². The van der Waals surface area contributed by atoms with Gasteiger partial charge in [-0.2, -0.15) is 10.1 Å². The minimum absolute atomic E-state index is 0.363. The zero-order valence-electron chi connectivity index (χ0n) is 10.3. The van der Waals surface area contributed by atoms with Gasteiger partial charge >= 0.3 is 0 Å². The Kier molecular flexibility index (Phi) is 2.84. The summed E-state index contributed by atoms with van der Waals surface area (Å²) < 4.78 is 6.86. The molecule has 8 heteroatoms. The van der Waals surface area contributed by atoms with Gasteiger partial charge in [-0.05, 0) is 0 Å². The van der Waals surface area contributed by atoms with E-state index in [2.05, 4.69) is 25.2 Å². The summed E-state index contributed by atoms with van der Waals surface area (Å²) in [6.45, 7) is 0. The van der Waals surface area contributed by atoms with Gasteiger partial charge in [-0.3, -0.25) is 4.68 Å². The molecule has 3 heterocycles. The van der Waals surface area contributed by atoms with E-state index in [0.29, 0.717) is 18.1 Å². The molecule has 0 aliphatic rings. The third-order valence-electron chi connectivity index (χ3n) is 2.72. The van der Waals surface area contributed by atoms with Crippen LogP contribution < -0.4 is 5.73 Å². The highest BCUT2D eigenvalue weighted by atomic mass is 16.5. The molecule has 0 saturated heterocycles. The maximum absolute atomic E-state index is 6.02. The molecule has 0 radical (unpaired) electrons. The normalized spacial score (nSPS) is 12.7. The number of hydrogen-bond donors (Lipinski definition) is 2. The van der Waals surface area contributed by atoms with Gasteiger partial charge in [0.2, 0.25) is 11.7 Å². The smallest absolute Gasteiger partial charge is 0.244 e. The van der Waals surface area contributed by atoms with E-state index in [0.717, 1.165) is 11.3 Å². The van der Waals surface area contributed by atoms with Crippen LogP contribution in [0.3, 0.4) is 0 Å². The molecule has 0 fully saturated rings. The number of aromatic amines is 1. The zero-order valence-corrected chi connectivity index (χ0v) is 10.3. The van der Waals surface area contributed by atoms with E-state index in [1.165, 1.54) is 0 Å². The van der Waals surface area contributed by atoms with E-state index in [4.69, 9.17) is 10.3 Å². The number of imidazole rings is 1. The van der Waals surface area contributed by atoms with Gasteiger partial charge < -0.3 is 15.2 Å². The van der Waals surface area contributed by atoms with Crippen molar-refractivity contribution in [2.24, 2.45) is 12.8 Å². The molecule has 0 aliphatic heterocycles. The van der Waals surface area contributed by atoms with Crippen molar-refractivity contribution in [3.63, 3.8) is 0 Å². The van der Waals surface area contributed by atoms with Gasteiger partial charge in [0.25, 0.3) is 0 Å². The summed E-state index contributed by atoms with van der Waals surface area (Å²) in [5.74, 6) is 0.886. The van der Waals surface area contributed by atoms with Gasteiger partial charge in [0, 0.05) is 31.6 Å². The first-order chi connectivity index (χ1) is 9.22. The molecular weight excluding hydrogens is 246 g/mol. The van der Waals surface area contributed by atoms with Gasteiger partial charge in [-0.25, -0.2) is 4.98 Å². The molecule has 19 heavy (non-hydrogen) atoms. The van der Waals surface area contributed by atoms with Gasteiger partial charge in [0.05, 0.1) is 24.1 Å². The lowest BCUT2D eigenvalue weighted by Gasteiger charge is -2.03. The minimum atomic E-state index is -0.363. The molecule has 0 aromatic carbocycles. The van der Waals surface area contributed by atoms with E-state index in [1.807, 2.05) is 13.2 Å². The van der Waals surface area contributed by atoms with Crippen LogP contribution in [0.25, 0.3) is 11.4 Å². The molecular formula is C11H13N7O. The molecule has 3 aromatic rings. The van der Waals surface area contributed by atoms with Crippen molar-refractivity contribution >= 4 is 0 Å². The summed E-state index contributed by atoms with van der Waals surface area (Å²) in [6.07, 6.45) is 7.38. The molecule has 0 spiro atoms. The lowest BCUT2D eigenvalue weighted by molar-refractivity contribution is 0.354. The Morgan fingerprint density at radius 3 is 3.05 bits per heavy atom. The second-order valence-electron chi connectivity index (χ2n) is 4.25. The van der Waals surface area contributed by atoms with Gasteiger partial charge in [-0.15, -0.1) is 0 Å². The Labute approximate surface area is 108 Å². The number of nitrogens with zero attached hydrogens (tertiary/aromatic N) is 5. The van der Waals surface area contributed by atoms with Crippen molar-refractivity contribution in [3.05, 3.63) is 36.5 Å². The van der Waals surface area contributed by atoms with E-state index in [-0.39, 0.29) is 6.04 Å². The van der Waals surface area contributed by atoms with Crippen LogP contribution in [-0.4, -0.2) is 29.9 Å². The maximum atomic E-state index is 6.02. The number of nitrogens with two attached hydrogens (primary N) is 1. The van der Waals surface area contributed by atoms with E-state index >= 15 is 0 Å². The predicted octanol–water partition coefficient (Wildman–Crippen LogP) is 0.436. The molecule has 98 valence electrons. The van der Waals surface area contributed by atoms with Crippen LogP contribution in [0.5, 0.6) is 0 Å². The summed E-state index contributed by atoms with van der Waals surface area (Å²) in [4.78, 5) is 11.2. The molecule has 0 bridgehead atoms. The Balaban J connectivity index is 1.77. The summed E-state index contributed by atoms with van der Waals surface area (Å²) in [5.41, 5.74) is 7.74. The summed E-state index contributed by atoms with van der Waals surface area (Å²) in [6, 6.07) is -0.363. The molecule has 3 rings (SSSR count). The molecule has 0 amide bonds. The first-order valence-electron chi connectivity index (χ1n) is 5.78. The molecule has 1 unspecified atom stereocenters. The van der Waals surface area contributed by atoms with Crippen LogP contribution in [0.4, 0.5) is 0 Å². The van der Waals surface area contributed by atoms with Crippen LogP contribution in [0.2, 0.25) is 0 Å². The number of nitrogens with one attached hydrogen (secondary N) is 1. The lowest BCUT2D eigenvalue weighted by atomic mass is 10.2. The van der Waals surface area contributed by atoms with Gasteiger partial charge in [-0.1, -0.05) is 5.16 Å². The zero-order chi connectivity index (χ0) is 13.2. The van der Waals surface area contributed by atoms with Crippen molar-refractivity contribution in [3.8, 4) is 11.4 Å². The van der Waals surface area contributed by atoms with E-state index in [9.17, 15) is 0 Å². The van der Waals surface area contributed by atoms with Crippen LogP contribution in [0.1, 0.15) is 17.6 Å². The molecule has 8 nitrogen and oxygen atoms in total.